The lowest BCUT2D eigenvalue weighted by Crippen LogP contribution is -2.52. The summed E-state index contributed by atoms with van der Waals surface area (Å²) in [5, 5.41) is 5.99. The van der Waals surface area contributed by atoms with Crippen molar-refractivity contribution in [3.63, 3.8) is 0 Å². The molecular formula is C15H24N2O. The molecule has 2 amide bonds. The molecule has 0 aliphatic carbocycles. The Labute approximate surface area is 110 Å². The fourth-order valence-electron chi connectivity index (χ4n) is 1.79. The van der Waals surface area contributed by atoms with Gasteiger partial charge >= 0.3 is 6.03 Å². The normalized spacial score (nSPS) is 14.7. The first-order valence-electron chi connectivity index (χ1n) is 6.43. The molecular weight excluding hydrogens is 224 g/mol. The molecule has 0 bridgehead atoms. The third-order valence-electron chi connectivity index (χ3n) is 3.00. The highest BCUT2D eigenvalue weighted by Gasteiger charge is 2.27. The highest BCUT2D eigenvalue weighted by atomic mass is 16.2. The van der Waals surface area contributed by atoms with Gasteiger partial charge in [0.15, 0.2) is 0 Å². The number of carbonyl (C=O) groups excluding carboxylic acids is 1. The van der Waals surface area contributed by atoms with Crippen LogP contribution >= 0.6 is 0 Å². The predicted octanol–water partition coefficient (Wildman–Crippen LogP) is 3.41. The number of carbonyl (C=O) groups is 1. The third kappa shape index (κ3) is 4.06. The first-order chi connectivity index (χ1) is 8.27. The largest absolute Gasteiger partial charge is 0.334 e. The van der Waals surface area contributed by atoms with Gasteiger partial charge in [0.05, 0.1) is 5.54 Å². The molecule has 0 radical (unpaired) electrons. The Kier molecular flexibility index (Phi) is 4.38. The second-order valence-corrected chi connectivity index (χ2v) is 5.88. The average molecular weight is 248 g/mol. The molecule has 100 valence electrons. The zero-order valence-corrected chi connectivity index (χ0v) is 12.0. The summed E-state index contributed by atoms with van der Waals surface area (Å²) in [6, 6.07) is 9.92. The van der Waals surface area contributed by atoms with E-state index in [1.54, 1.807) is 0 Å². The van der Waals surface area contributed by atoms with E-state index in [0.29, 0.717) is 0 Å². The van der Waals surface area contributed by atoms with E-state index < -0.39 is 0 Å². The van der Waals surface area contributed by atoms with Crippen molar-refractivity contribution < 1.29 is 4.79 Å². The fraction of sp³-hybridized carbons (Fsp3) is 0.533. The summed E-state index contributed by atoms with van der Waals surface area (Å²) in [6.07, 6.45) is 0.842. The summed E-state index contributed by atoms with van der Waals surface area (Å²) >= 11 is 0. The number of hydrogen-bond acceptors (Lipinski definition) is 1. The minimum Gasteiger partial charge on any atom is -0.334 e. The zero-order valence-electron chi connectivity index (χ0n) is 12.0. The molecule has 3 nitrogen and oxygen atoms in total. The maximum atomic E-state index is 12.0. The molecule has 18 heavy (non-hydrogen) atoms. The lowest BCUT2D eigenvalue weighted by atomic mass is 9.89. The van der Waals surface area contributed by atoms with Gasteiger partial charge in [-0.05, 0) is 39.7 Å². The molecule has 0 heterocycles. The maximum absolute atomic E-state index is 12.0. The lowest BCUT2D eigenvalue weighted by Gasteiger charge is -2.32. The van der Waals surface area contributed by atoms with Gasteiger partial charge in [0, 0.05) is 5.54 Å². The van der Waals surface area contributed by atoms with Gasteiger partial charge < -0.3 is 10.6 Å². The summed E-state index contributed by atoms with van der Waals surface area (Å²) < 4.78 is 0. The van der Waals surface area contributed by atoms with Gasteiger partial charge in [-0.1, -0.05) is 37.3 Å². The Balaban J connectivity index is 2.81. The quantitative estimate of drug-likeness (QED) is 0.845. The Morgan fingerprint density at radius 1 is 1.06 bits per heavy atom. The van der Waals surface area contributed by atoms with Crippen molar-refractivity contribution in [2.75, 3.05) is 0 Å². The standard InChI is InChI=1S/C15H24N2O/c1-6-15(5,12-10-8-7-9-11-12)17-13(18)16-14(2,3)4/h7-11H,6H2,1-5H3,(H2,16,17,18)/t15-/m1/s1. The highest BCUT2D eigenvalue weighted by molar-refractivity contribution is 5.75. The van der Waals surface area contributed by atoms with Gasteiger partial charge in [0.25, 0.3) is 0 Å². The second-order valence-electron chi connectivity index (χ2n) is 5.88. The van der Waals surface area contributed by atoms with Crippen LogP contribution in [0.2, 0.25) is 0 Å². The molecule has 1 aromatic carbocycles. The third-order valence-corrected chi connectivity index (χ3v) is 3.00. The Hall–Kier alpha value is -1.51. The van der Waals surface area contributed by atoms with E-state index >= 15 is 0 Å². The molecule has 0 saturated heterocycles. The lowest BCUT2D eigenvalue weighted by molar-refractivity contribution is 0.217. The van der Waals surface area contributed by atoms with Crippen molar-refractivity contribution in [3.8, 4) is 0 Å². The molecule has 1 aromatic rings. The van der Waals surface area contributed by atoms with Gasteiger partial charge in [-0.3, -0.25) is 0 Å². The monoisotopic (exact) mass is 248 g/mol. The number of benzene rings is 1. The molecule has 1 rings (SSSR count). The molecule has 0 fully saturated rings. The van der Waals surface area contributed by atoms with Gasteiger partial charge in [-0.25, -0.2) is 4.79 Å². The summed E-state index contributed by atoms with van der Waals surface area (Å²) in [6.45, 7) is 10.0. The summed E-state index contributed by atoms with van der Waals surface area (Å²) in [5.41, 5.74) is 0.558. The minimum absolute atomic E-state index is 0.129. The number of urea groups is 1. The highest BCUT2D eigenvalue weighted by Crippen LogP contribution is 2.24. The Bertz CT molecular complexity index is 395. The molecule has 0 spiro atoms. The molecule has 0 saturated carbocycles. The van der Waals surface area contributed by atoms with E-state index in [9.17, 15) is 4.79 Å². The average Bonchev–Trinajstić information content (AvgIpc) is 2.27. The van der Waals surface area contributed by atoms with Crippen molar-refractivity contribution in [1.82, 2.24) is 10.6 Å². The van der Waals surface area contributed by atoms with Crippen molar-refractivity contribution in [2.45, 2.75) is 52.1 Å². The number of hydrogen-bond donors (Lipinski definition) is 2. The van der Waals surface area contributed by atoms with Crippen LogP contribution in [0.1, 0.15) is 46.6 Å². The van der Waals surface area contributed by atoms with Gasteiger partial charge in [0.1, 0.15) is 0 Å². The summed E-state index contributed by atoms with van der Waals surface area (Å²) in [7, 11) is 0. The molecule has 3 heteroatoms. The molecule has 0 aliphatic heterocycles. The van der Waals surface area contributed by atoms with Crippen LogP contribution in [-0.2, 0) is 5.54 Å². The van der Waals surface area contributed by atoms with E-state index in [1.807, 2.05) is 58.0 Å². The Morgan fingerprint density at radius 2 is 1.61 bits per heavy atom. The van der Waals surface area contributed by atoms with Crippen molar-refractivity contribution >= 4 is 6.03 Å². The molecule has 1 atom stereocenters. The maximum Gasteiger partial charge on any atom is 0.315 e. The van der Waals surface area contributed by atoms with Crippen LogP contribution < -0.4 is 10.6 Å². The van der Waals surface area contributed by atoms with E-state index in [-0.39, 0.29) is 17.1 Å². The van der Waals surface area contributed by atoms with Crippen LogP contribution in [0.4, 0.5) is 4.79 Å². The van der Waals surface area contributed by atoms with Gasteiger partial charge in [-0.2, -0.15) is 0 Å². The van der Waals surface area contributed by atoms with Crippen molar-refractivity contribution in [1.29, 1.82) is 0 Å². The van der Waals surface area contributed by atoms with Crippen LogP contribution in [0.3, 0.4) is 0 Å². The van der Waals surface area contributed by atoms with Crippen LogP contribution in [0.5, 0.6) is 0 Å². The van der Waals surface area contributed by atoms with E-state index in [4.69, 9.17) is 0 Å². The molecule has 0 aromatic heterocycles. The Morgan fingerprint density at radius 3 is 2.06 bits per heavy atom. The number of nitrogens with one attached hydrogen (secondary N) is 2. The van der Waals surface area contributed by atoms with E-state index in [2.05, 4.69) is 17.6 Å². The molecule has 2 N–H and O–H groups in total. The van der Waals surface area contributed by atoms with Gasteiger partial charge in [-0.15, -0.1) is 0 Å². The summed E-state index contributed by atoms with van der Waals surface area (Å²) in [4.78, 5) is 12.0. The fourth-order valence-corrected chi connectivity index (χ4v) is 1.79. The smallest absolute Gasteiger partial charge is 0.315 e. The van der Waals surface area contributed by atoms with Crippen LogP contribution in [0.15, 0.2) is 30.3 Å². The number of amides is 2. The second kappa shape index (κ2) is 5.42. The topological polar surface area (TPSA) is 41.1 Å². The molecule has 0 unspecified atom stereocenters. The zero-order chi connectivity index (χ0) is 13.8. The minimum atomic E-state index is -0.337. The van der Waals surface area contributed by atoms with E-state index in [0.717, 1.165) is 12.0 Å². The first-order valence-corrected chi connectivity index (χ1v) is 6.43. The number of rotatable bonds is 3. The molecule has 0 aliphatic rings. The van der Waals surface area contributed by atoms with Gasteiger partial charge in [0.2, 0.25) is 0 Å². The van der Waals surface area contributed by atoms with Crippen molar-refractivity contribution in [3.05, 3.63) is 35.9 Å². The van der Waals surface area contributed by atoms with Crippen LogP contribution in [-0.4, -0.2) is 11.6 Å². The SMILES string of the molecule is CC[C@@](C)(NC(=O)NC(C)(C)C)c1ccccc1. The van der Waals surface area contributed by atoms with Crippen molar-refractivity contribution in [2.24, 2.45) is 0 Å². The van der Waals surface area contributed by atoms with Crippen LogP contribution in [0.25, 0.3) is 0 Å². The van der Waals surface area contributed by atoms with E-state index in [1.165, 1.54) is 0 Å². The van der Waals surface area contributed by atoms with Crippen LogP contribution in [0, 0.1) is 0 Å². The predicted molar refractivity (Wildman–Crippen MR) is 75.5 cm³/mol. The summed E-state index contributed by atoms with van der Waals surface area (Å²) in [5.74, 6) is 0. The first kappa shape index (κ1) is 14.6.